The second-order valence-electron chi connectivity index (χ2n) is 6.90. The first-order chi connectivity index (χ1) is 14.2. The van der Waals surface area contributed by atoms with Crippen molar-refractivity contribution in [1.29, 1.82) is 0 Å². The lowest BCUT2D eigenvalue weighted by molar-refractivity contribution is -0.136. The van der Waals surface area contributed by atoms with Gasteiger partial charge in [-0.05, 0) is 36.4 Å². The van der Waals surface area contributed by atoms with Crippen molar-refractivity contribution in [2.75, 3.05) is 0 Å². The molecule has 3 aromatic rings. The molecule has 0 bridgehead atoms. The van der Waals surface area contributed by atoms with Gasteiger partial charge in [0.25, 0.3) is 5.79 Å². The Labute approximate surface area is 174 Å². The van der Waals surface area contributed by atoms with Crippen LogP contribution in [0.25, 0.3) is 11.1 Å². The summed E-state index contributed by atoms with van der Waals surface area (Å²) in [7, 11) is 0. The number of ether oxygens (including phenoxy) is 2. The van der Waals surface area contributed by atoms with Crippen LogP contribution in [0, 0.1) is 17.5 Å². The Morgan fingerprint density at radius 2 is 1.77 bits per heavy atom. The number of hydrogen-bond donors (Lipinski definition) is 1. The van der Waals surface area contributed by atoms with Crippen LogP contribution >= 0.6 is 11.6 Å². The van der Waals surface area contributed by atoms with Gasteiger partial charge in [0, 0.05) is 28.6 Å². The summed E-state index contributed by atoms with van der Waals surface area (Å²) in [5.74, 6) is -4.83. The molecule has 1 N–H and O–H groups in total. The molecule has 0 radical (unpaired) electrons. The van der Waals surface area contributed by atoms with Crippen LogP contribution in [0.15, 0.2) is 48.5 Å². The van der Waals surface area contributed by atoms with Gasteiger partial charge < -0.3 is 14.6 Å². The quantitative estimate of drug-likeness (QED) is 0.572. The first-order valence-electron chi connectivity index (χ1n) is 8.84. The maximum atomic E-state index is 14.7. The fourth-order valence-electron chi connectivity index (χ4n) is 3.40. The molecule has 0 spiro atoms. The Hall–Kier alpha value is -3.19. The van der Waals surface area contributed by atoms with Crippen molar-refractivity contribution in [3.05, 3.63) is 82.1 Å². The molecule has 1 unspecified atom stereocenters. The maximum absolute atomic E-state index is 14.7. The minimum atomic E-state index is -1.55. The van der Waals surface area contributed by atoms with E-state index >= 15 is 0 Å². The van der Waals surface area contributed by atoms with Crippen LogP contribution in [0.4, 0.5) is 13.2 Å². The summed E-state index contributed by atoms with van der Waals surface area (Å²) < 4.78 is 55.3. The predicted molar refractivity (Wildman–Crippen MR) is 103 cm³/mol. The van der Waals surface area contributed by atoms with Crippen LogP contribution in [0.5, 0.6) is 11.5 Å². The Kier molecular flexibility index (Phi) is 4.86. The molecule has 0 aromatic heterocycles. The molecule has 3 aromatic carbocycles. The normalized spacial score (nSPS) is 17.2. The molecule has 154 valence electrons. The first kappa shape index (κ1) is 20.1. The largest absolute Gasteiger partial charge is 0.481 e. The third-order valence-electron chi connectivity index (χ3n) is 4.77. The summed E-state index contributed by atoms with van der Waals surface area (Å²) in [6.07, 6.45) is -0.649. The minimum absolute atomic E-state index is 0.0810. The summed E-state index contributed by atoms with van der Waals surface area (Å²) in [5.41, 5.74) is -0.147. The molecule has 4 nitrogen and oxygen atoms in total. The summed E-state index contributed by atoms with van der Waals surface area (Å²) in [4.78, 5) is 10.8. The third kappa shape index (κ3) is 3.45. The van der Waals surface area contributed by atoms with Gasteiger partial charge in [-0.2, -0.15) is 0 Å². The lowest BCUT2D eigenvalue weighted by atomic mass is 10.00. The van der Waals surface area contributed by atoms with Gasteiger partial charge in [-0.15, -0.1) is 0 Å². The number of rotatable bonds is 4. The van der Waals surface area contributed by atoms with E-state index < -0.39 is 35.6 Å². The van der Waals surface area contributed by atoms with Gasteiger partial charge >= 0.3 is 5.97 Å². The van der Waals surface area contributed by atoms with E-state index in [0.29, 0.717) is 0 Å². The van der Waals surface area contributed by atoms with E-state index in [-0.39, 0.29) is 38.8 Å². The number of hydrogen-bond acceptors (Lipinski definition) is 3. The van der Waals surface area contributed by atoms with Crippen LogP contribution in [-0.4, -0.2) is 11.1 Å². The molecular weight excluding hydrogens is 421 g/mol. The minimum Gasteiger partial charge on any atom is -0.481 e. The lowest BCUT2D eigenvalue weighted by Gasteiger charge is -2.24. The predicted octanol–water partition coefficient (Wildman–Crippen LogP) is 5.70. The van der Waals surface area contributed by atoms with Gasteiger partial charge in [-0.3, -0.25) is 4.79 Å². The zero-order chi connectivity index (χ0) is 21.6. The number of fused-ring (bicyclic) bond motifs is 1. The molecular formula is C22H14ClF3O4. The summed E-state index contributed by atoms with van der Waals surface area (Å²) in [6.45, 7) is 1.50. The molecule has 4 rings (SSSR count). The first-order valence-corrected chi connectivity index (χ1v) is 9.22. The molecule has 1 atom stereocenters. The molecule has 1 aliphatic heterocycles. The van der Waals surface area contributed by atoms with Gasteiger partial charge in [0.1, 0.15) is 17.5 Å². The van der Waals surface area contributed by atoms with Crippen molar-refractivity contribution < 1.29 is 32.5 Å². The van der Waals surface area contributed by atoms with Crippen LogP contribution < -0.4 is 9.47 Å². The lowest BCUT2D eigenvalue weighted by Crippen LogP contribution is -2.32. The van der Waals surface area contributed by atoms with E-state index in [0.717, 1.165) is 18.2 Å². The van der Waals surface area contributed by atoms with Gasteiger partial charge in [0.05, 0.1) is 12.0 Å². The highest BCUT2D eigenvalue weighted by Gasteiger charge is 2.42. The highest BCUT2D eigenvalue weighted by Crippen LogP contribution is 2.50. The van der Waals surface area contributed by atoms with E-state index in [2.05, 4.69) is 0 Å². The maximum Gasteiger partial charge on any atom is 0.307 e. The number of halogens is 4. The zero-order valence-corrected chi connectivity index (χ0v) is 16.3. The number of benzene rings is 3. The van der Waals surface area contributed by atoms with Crippen LogP contribution in [0.3, 0.4) is 0 Å². The number of carboxylic acid groups (broad SMARTS) is 1. The Balaban J connectivity index is 1.77. The van der Waals surface area contributed by atoms with Gasteiger partial charge in [0.2, 0.25) is 0 Å². The Morgan fingerprint density at radius 1 is 1.00 bits per heavy atom. The van der Waals surface area contributed by atoms with Crippen molar-refractivity contribution in [2.45, 2.75) is 19.1 Å². The molecule has 0 fully saturated rings. The van der Waals surface area contributed by atoms with Gasteiger partial charge in [0.15, 0.2) is 11.5 Å². The van der Waals surface area contributed by atoms with E-state index in [4.69, 9.17) is 26.2 Å². The van der Waals surface area contributed by atoms with Crippen LogP contribution in [0.2, 0.25) is 5.02 Å². The molecule has 0 amide bonds. The second-order valence-corrected chi connectivity index (χ2v) is 7.34. The van der Waals surface area contributed by atoms with Crippen LogP contribution in [-0.2, 0) is 17.0 Å². The molecule has 8 heteroatoms. The molecule has 30 heavy (non-hydrogen) atoms. The summed E-state index contributed by atoms with van der Waals surface area (Å²) in [6, 6.07) is 10.4. The smallest absolute Gasteiger partial charge is 0.307 e. The third-order valence-corrected chi connectivity index (χ3v) is 5.00. The van der Waals surface area contributed by atoms with Crippen molar-refractivity contribution in [1.82, 2.24) is 0 Å². The van der Waals surface area contributed by atoms with E-state index in [1.54, 1.807) is 12.1 Å². The van der Waals surface area contributed by atoms with Crippen LogP contribution in [0.1, 0.15) is 18.1 Å². The van der Waals surface area contributed by atoms with E-state index in [1.807, 2.05) is 0 Å². The fourth-order valence-corrected chi connectivity index (χ4v) is 3.56. The van der Waals surface area contributed by atoms with Crippen molar-refractivity contribution in [3.8, 4) is 22.6 Å². The van der Waals surface area contributed by atoms with Crippen molar-refractivity contribution in [2.24, 2.45) is 0 Å². The molecule has 0 aliphatic carbocycles. The van der Waals surface area contributed by atoms with E-state index in [9.17, 15) is 18.0 Å². The SMILES string of the molecule is CC1(c2ccc(Cl)cc2F)Oc2cccc(-c3cc(F)c(CC(=O)O)cc3F)c2O1. The molecule has 1 heterocycles. The van der Waals surface area contributed by atoms with E-state index in [1.165, 1.54) is 25.1 Å². The average Bonchev–Trinajstić information content (AvgIpc) is 3.01. The Morgan fingerprint density at radius 3 is 2.47 bits per heavy atom. The standard InChI is InChI=1S/C22H14ClF3O4/c1-22(15-6-5-12(23)9-18(15)26)29-19-4-2-3-13(21(19)30-22)14-10-16(24)11(7-17(14)25)8-20(27)28/h2-7,9-10H,8H2,1H3,(H,27,28). The zero-order valence-electron chi connectivity index (χ0n) is 15.5. The number of carboxylic acids is 1. The molecule has 1 aliphatic rings. The summed E-state index contributed by atoms with van der Waals surface area (Å²) in [5, 5.41) is 9.04. The average molecular weight is 435 g/mol. The van der Waals surface area contributed by atoms with Crippen molar-refractivity contribution >= 4 is 17.6 Å². The number of para-hydroxylation sites is 1. The second kappa shape index (κ2) is 7.25. The highest BCUT2D eigenvalue weighted by atomic mass is 35.5. The monoisotopic (exact) mass is 434 g/mol. The number of carbonyl (C=O) groups is 1. The Bertz CT molecular complexity index is 1180. The number of aliphatic carboxylic acids is 1. The van der Waals surface area contributed by atoms with Gasteiger partial charge in [-0.25, -0.2) is 13.2 Å². The topological polar surface area (TPSA) is 55.8 Å². The van der Waals surface area contributed by atoms with Gasteiger partial charge in [-0.1, -0.05) is 23.7 Å². The van der Waals surface area contributed by atoms with Crippen molar-refractivity contribution in [3.63, 3.8) is 0 Å². The molecule has 0 saturated carbocycles. The fraction of sp³-hybridized carbons (Fsp3) is 0.136. The summed E-state index contributed by atoms with van der Waals surface area (Å²) >= 11 is 5.80. The molecule has 0 saturated heterocycles. The highest BCUT2D eigenvalue weighted by molar-refractivity contribution is 6.30.